The third kappa shape index (κ3) is 4.24. The number of thioether (sulfide) groups is 1. The van der Waals surface area contributed by atoms with Crippen LogP contribution in [-0.4, -0.2) is 36.3 Å². The minimum absolute atomic E-state index is 0.0624. The molecule has 29 heavy (non-hydrogen) atoms. The van der Waals surface area contributed by atoms with Gasteiger partial charge in [-0.1, -0.05) is 45.4 Å². The van der Waals surface area contributed by atoms with E-state index in [0.717, 1.165) is 30.3 Å². The summed E-state index contributed by atoms with van der Waals surface area (Å²) in [6.07, 6.45) is 4.30. The lowest BCUT2D eigenvalue weighted by Gasteiger charge is -2.21. The van der Waals surface area contributed by atoms with Crippen LogP contribution < -0.4 is 16.6 Å². The Morgan fingerprint density at radius 2 is 1.76 bits per heavy atom. The van der Waals surface area contributed by atoms with Crippen molar-refractivity contribution in [2.24, 2.45) is 14.1 Å². The molecular weight excluding hydrogens is 390 g/mol. The monoisotopic (exact) mass is 419 g/mol. The molecule has 1 aliphatic rings. The molecule has 0 spiro atoms. The lowest BCUT2D eigenvalue weighted by Crippen LogP contribution is -2.39. The second kappa shape index (κ2) is 7.93. The maximum atomic E-state index is 12.9. The molecule has 1 fully saturated rings. The number of hydrogen-bond donors (Lipinski definition) is 1. The molecule has 0 saturated heterocycles. The van der Waals surface area contributed by atoms with Gasteiger partial charge in [0.2, 0.25) is 5.91 Å². The Hall–Kier alpha value is -2.16. The Morgan fingerprint density at radius 1 is 1.14 bits per heavy atom. The van der Waals surface area contributed by atoms with Crippen LogP contribution in [0.25, 0.3) is 11.0 Å². The first-order chi connectivity index (χ1) is 13.5. The zero-order chi connectivity index (χ0) is 21.5. The van der Waals surface area contributed by atoms with Crippen molar-refractivity contribution in [3.8, 4) is 0 Å². The standard InChI is InChI=1S/C20H29N5O3S/c1-11(15(26)21-12-9-7-8-10-12)29-16-13-14(22-18(23-16)20(2,3)4)24(5)19(28)25(6)17(13)27/h11-12H,7-10H2,1-6H3,(H,21,26). The molecule has 1 unspecified atom stereocenters. The van der Waals surface area contributed by atoms with Crippen molar-refractivity contribution in [2.45, 2.75) is 75.1 Å². The van der Waals surface area contributed by atoms with E-state index in [0.29, 0.717) is 16.5 Å². The molecule has 2 aromatic heterocycles. The molecule has 0 aromatic carbocycles. The van der Waals surface area contributed by atoms with Crippen LogP contribution in [0.3, 0.4) is 0 Å². The van der Waals surface area contributed by atoms with Crippen LogP contribution in [0.15, 0.2) is 14.6 Å². The van der Waals surface area contributed by atoms with E-state index in [-0.39, 0.29) is 22.8 Å². The van der Waals surface area contributed by atoms with Crippen LogP contribution in [0.2, 0.25) is 0 Å². The highest BCUT2D eigenvalue weighted by atomic mass is 32.2. The van der Waals surface area contributed by atoms with Gasteiger partial charge in [-0.05, 0) is 19.8 Å². The molecular formula is C20H29N5O3S. The van der Waals surface area contributed by atoms with Gasteiger partial charge >= 0.3 is 5.69 Å². The lowest BCUT2D eigenvalue weighted by atomic mass is 9.96. The first-order valence-corrected chi connectivity index (χ1v) is 10.8. The Kier molecular flexibility index (Phi) is 5.89. The number of nitrogens with one attached hydrogen (secondary N) is 1. The van der Waals surface area contributed by atoms with Gasteiger partial charge in [-0.2, -0.15) is 0 Å². The fourth-order valence-corrected chi connectivity index (χ4v) is 4.40. The molecule has 2 aromatic rings. The molecule has 0 bridgehead atoms. The summed E-state index contributed by atoms with van der Waals surface area (Å²) in [4.78, 5) is 47.1. The third-order valence-corrected chi connectivity index (χ3v) is 6.38. The second-order valence-corrected chi connectivity index (χ2v) is 10.1. The van der Waals surface area contributed by atoms with Crippen LogP contribution in [-0.2, 0) is 24.3 Å². The molecule has 0 radical (unpaired) electrons. The predicted molar refractivity (Wildman–Crippen MR) is 114 cm³/mol. The summed E-state index contributed by atoms with van der Waals surface area (Å²) in [6, 6.07) is 0.228. The maximum absolute atomic E-state index is 12.9. The Labute approximate surface area is 174 Å². The van der Waals surface area contributed by atoms with Gasteiger partial charge in [0.1, 0.15) is 16.2 Å². The molecule has 1 N–H and O–H groups in total. The van der Waals surface area contributed by atoms with Crippen molar-refractivity contribution in [3.05, 3.63) is 26.7 Å². The smallest absolute Gasteiger partial charge is 0.332 e. The summed E-state index contributed by atoms with van der Waals surface area (Å²) < 4.78 is 2.41. The number of hydrogen-bond acceptors (Lipinski definition) is 6. The van der Waals surface area contributed by atoms with Gasteiger partial charge in [0.05, 0.1) is 5.25 Å². The van der Waals surface area contributed by atoms with Crippen molar-refractivity contribution in [2.75, 3.05) is 0 Å². The molecule has 0 aliphatic heterocycles. The molecule has 1 aliphatic carbocycles. The van der Waals surface area contributed by atoms with Crippen LogP contribution >= 0.6 is 11.8 Å². The fraction of sp³-hybridized carbons (Fsp3) is 0.650. The lowest BCUT2D eigenvalue weighted by molar-refractivity contribution is -0.120. The predicted octanol–water partition coefficient (Wildman–Crippen LogP) is 1.86. The molecule has 158 valence electrons. The van der Waals surface area contributed by atoms with Crippen molar-refractivity contribution < 1.29 is 4.79 Å². The van der Waals surface area contributed by atoms with Crippen molar-refractivity contribution in [1.29, 1.82) is 0 Å². The van der Waals surface area contributed by atoms with Crippen molar-refractivity contribution >= 4 is 28.7 Å². The number of amides is 1. The van der Waals surface area contributed by atoms with E-state index in [1.807, 2.05) is 27.7 Å². The summed E-state index contributed by atoms with van der Waals surface area (Å²) in [5.41, 5.74) is -0.974. The van der Waals surface area contributed by atoms with E-state index in [1.165, 1.54) is 23.4 Å². The maximum Gasteiger partial charge on any atom is 0.332 e. The highest BCUT2D eigenvalue weighted by Crippen LogP contribution is 2.30. The Balaban J connectivity index is 2.08. The van der Waals surface area contributed by atoms with Gasteiger partial charge in [0.25, 0.3) is 5.56 Å². The highest BCUT2D eigenvalue weighted by Gasteiger charge is 2.27. The third-order valence-electron chi connectivity index (χ3n) is 5.30. The summed E-state index contributed by atoms with van der Waals surface area (Å²) in [7, 11) is 3.03. The average molecular weight is 420 g/mol. The number of aromatic nitrogens is 4. The molecule has 2 heterocycles. The molecule has 1 atom stereocenters. The van der Waals surface area contributed by atoms with Gasteiger partial charge in [-0.3, -0.25) is 18.7 Å². The molecule has 1 amide bonds. The molecule has 8 nitrogen and oxygen atoms in total. The van der Waals surface area contributed by atoms with Gasteiger partial charge in [0.15, 0.2) is 5.65 Å². The minimum atomic E-state index is -0.450. The second-order valence-electron chi connectivity index (χ2n) is 8.76. The van der Waals surface area contributed by atoms with E-state index >= 15 is 0 Å². The number of rotatable bonds is 4. The van der Waals surface area contributed by atoms with Crippen molar-refractivity contribution in [3.63, 3.8) is 0 Å². The molecule has 1 saturated carbocycles. The summed E-state index contributed by atoms with van der Waals surface area (Å²) in [5.74, 6) is 0.465. The topological polar surface area (TPSA) is 98.9 Å². The highest BCUT2D eigenvalue weighted by molar-refractivity contribution is 8.00. The Morgan fingerprint density at radius 3 is 2.34 bits per heavy atom. The SMILES string of the molecule is CC(Sc1nc(C(C)(C)C)nc2c1c(=O)n(C)c(=O)n2C)C(=O)NC1CCCC1. The number of carbonyl (C=O) groups is 1. The number of fused-ring (bicyclic) bond motifs is 1. The first kappa shape index (κ1) is 21.5. The molecule has 9 heteroatoms. The number of nitrogens with zero attached hydrogens (tertiary/aromatic N) is 4. The fourth-order valence-electron chi connectivity index (χ4n) is 3.46. The Bertz CT molecular complexity index is 1060. The normalized spacial score (nSPS) is 16.3. The average Bonchev–Trinajstić information content (AvgIpc) is 3.16. The van der Waals surface area contributed by atoms with E-state index in [1.54, 1.807) is 7.05 Å². The number of carbonyl (C=O) groups excluding carboxylic acids is 1. The van der Waals surface area contributed by atoms with Crippen molar-refractivity contribution in [1.82, 2.24) is 24.4 Å². The minimum Gasteiger partial charge on any atom is -0.352 e. The van der Waals surface area contributed by atoms with Gasteiger partial charge < -0.3 is 5.32 Å². The van der Waals surface area contributed by atoms with E-state index in [4.69, 9.17) is 0 Å². The van der Waals surface area contributed by atoms with E-state index < -0.39 is 16.5 Å². The quantitative estimate of drug-likeness (QED) is 0.600. The van der Waals surface area contributed by atoms with Crippen LogP contribution in [0, 0.1) is 0 Å². The van der Waals surface area contributed by atoms with Gasteiger partial charge in [-0.15, -0.1) is 0 Å². The van der Waals surface area contributed by atoms with Crippen LogP contribution in [0.5, 0.6) is 0 Å². The van der Waals surface area contributed by atoms with E-state index in [2.05, 4.69) is 15.3 Å². The summed E-state index contributed by atoms with van der Waals surface area (Å²) in [5, 5.41) is 3.38. The van der Waals surface area contributed by atoms with E-state index in [9.17, 15) is 14.4 Å². The molecule has 3 rings (SSSR count). The number of aryl methyl sites for hydroxylation is 1. The largest absolute Gasteiger partial charge is 0.352 e. The van der Waals surface area contributed by atoms with Gasteiger partial charge in [-0.25, -0.2) is 14.8 Å². The zero-order valence-corrected chi connectivity index (χ0v) is 18.7. The summed E-state index contributed by atoms with van der Waals surface area (Å²) in [6.45, 7) is 7.72. The van der Waals surface area contributed by atoms with Crippen LogP contribution in [0.4, 0.5) is 0 Å². The summed E-state index contributed by atoms with van der Waals surface area (Å²) >= 11 is 1.24. The van der Waals surface area contributed by atoms with Gasteiger partial charge in [0, 0.05) is 25.6 Å². The zero-order valence-electron chi connectivity index (χ0n) is 17.9. The van der Waals surface area contributed by atoms with Crippen LogP contribution in [0.1, 0.15) is 59.2 Å². The first-order valence-electron chi connectivity index (χ1n) is 9.96.